The summed E-state index contributed by atoms with van der Waals surface area (Å²) in [7, 11) is 0. The second kappa shape index (κ2) is 5.65. The molecule has 0 amide bonds. The first-order valence-electron chi connectivity index (χ1n) is 6.69. The maximum absolute atomic E-state index is 9.02. The van der Waals surface area contributed by atoms with Crippen molar-refractivity contribution >= 4 is 0 Å². The van der Waals surface area contributed by atoms with E-state index in [0.29, 0.717) is 6.04 Å². The average Bonchev–Trinajstić information content (AvgIpc) is 2.71. The molecular weight excluding hydrogens is 210 g/mol. The molecule has 1 aromatic rings. The number of likely N-dealkylation sites (tertiary alicyclic amines) is 1. The summed E-state index contributed by atoms with van der Waals surface area (Å²) in [4.78, 5) is 2.62. The third-order valence-electron chi connectivity index (χ3n) is 3.99. The van der Waals surface area contributed by atoms with E-state index in [4.69, 9.17) is 5.11 Å². The van der Waals surface area contributed by atoms with Crippen LogP contribution in [0.5, 0.6) is 0 Å². The van der Waals surface area contributed by atoms with E-state index in [-0.39, 0.29) is 6.61 Å². The maximum Gasteiger partial charge on any atom is 0.0681 e. The molecule has 0 bridgehead atoms. The van der Waals surface area contributed by atoms with Gasteiger partial charge in [-0.25, -0.2) is 0 Å². The minimum absolute atomic E-state index is 0.137. The molecule has 0 saturated carbocycles. The van der Waals surface area contributed by atoms with Crippen LogP contribution in [0.15, 0.2) is 24.3 Å². The van der Waals surface area contributed by atoms with Crippen LogP contribution in [-0.2, 0) is 13.2 Å². The molecule has 2 nitrogen and oxygen atoms in total. The number of aliphatic hydroxyl groups excluding tert-OH is 1. The Kier molecular flexibility index (Phi) is 4.19. The minimum atomic E-state index is 0.137. The number of benzene rings is 1. The van der Waals surface area contributed by atoms with E-state index in [1.54, 1.807) is 0 Å². The largest absolute Gasteiger partial charge is 0.392 e. The molecule has 1 fully saturated rings. The van der Waals surface area contributed by atoms with E-state index in [2.05, 4.69) is 30.9 Å². The molecule has 1 saturated heterocycles. The first-order chi connectivity index (χ1) is 8.24. The van der Waals surface area contributed by atoms with Crippen molar-refractivity contribution in [2.75, 3.05) is 0 Å². The van der Waals surface area contributed by atoms with Crippen LogP contribution >= 0.6 is 0 Å². The smallest absolute Gasteiger partial charge is 0.0681 e. The van der Waals surface area contributed by atoms with Gasteiger partial charge in [-0.1, -0.05) is 31.2 Å². The molecule has 1 heterocycles. The summed E-state index contributed by atoms with van der Waals surface area (Å²) < 4.78 is 0. The van der Waals surface area contributed by atoms with Crippen LogP contribution in [0.4, 0.5) is 0 Å². The second-order valence-corrected chi connectivity index (χ2v) is 5.14. The summed E-state index contributed by atoms with van der Waals surface area (Å²) in [6.45, 7) is 5.80. The van der Waals surface area contributed by atoms with Crippen molar-refractivity contribution in [3.8, 4) is 0 Å². The van der Waals surface area contributed by atoms with E-state index >= 15 is 0 Å². The molecule has 1 aromatic carbocycles. The van der Waals surface area contributed by atoms with Crippen molar-refractivity contribution in [3.63, 3.8) is 0 Å². The lowest BCUT2D eigenvalue weighted by molar-refractivity contribution is 0.189. The Morgan fingerprint density at radius 1 is 1.18 bits per heavy atom. The fraction of sp³-hybridized carbons (Fsp3) is 0.600. The molecule has 0 aliphatic carbocycles. The Labute approximate surface area is 104 Å². The highest BCUT2D eigenvalue weighted by Gasteiger charge is 2.28. The summed E-state index contributed by atoms with van der Waals surface area (Å²) in [5.74, 6) is 0. The van der Waals surface area contributed by atoms with Gasteiger partial charge in [0.2, 0.25) is 0 Å². The van der Waals surface area contributed by atoms with Gasteiger partial charge in [0.1, 0.15) is 0 Å². The van der Waals surface area contributed by atoms with Crippen LogP contribution in [0, 0.1) is 0 Å². The van der Waals surface area contributed by atoms with Gasteiger partial charge in [0, 0.05) is 18.6 Å². The van der Waals surface area contributed by atoms with Crippen LogP contribution in [0.1, 0.15) is 44.2 Å². The van der Waals surface area contributed by atoms with Crippen LogP contribution in [-0.4, -0.2) is 22.1 Å². The molecule has 1 aliphatic heterocycles. The van der Waals surface area contributed by atoms with Gasteiger partial charge in [0.15, 0.2) is 0 Å². The second-order valence-electron chi connectivity index (χ2n) is 5.14. The predicted octanol–water partition coefficient (Wildman–Crippen LogP) is 2.94. The topological polar surface area (TPSA) is 23.5 Å². The van der Waals surface area contributed by atoms with Crippen molar-refractivity contribution < 1.29 is 5.11 Å². The number of rotatable bonds is 4. The van der Waals surface area contributed by atoms with Crippen molar-refractivity contribution in [1.82, 2.24) is 4.90 Å². The van der Waals surface area contributed by atoms with Gasteiger partial charge in [-0.2, -0.15) is 0 Å². The molecule has 0 aromatic heterocycles. The molecule has 0 radical (unpaired) electrons. The average molecular weight is 233 g/mol. The Balaban J connectivity index is 2.03. The summed E-state index contributed by atoms with van der Waals surface area (Å²) in [5.41, 5.74) is 2.35. The lowest BCUT2D eigenvalue weighted by Gasteiger charge is -2.27. The molecule has 2 rings (SSSR count). The molecule has 2 unspecified atom stereocenters. The Morgan fingerprint density at radius 2 is 1.82 bits per heavy atom. The van der Waals surface area contributed by atoms with Crippen LogP contribution in [0.3, 0.4) is 0 Å². The Bertz CT molecular complexity index is 346. The van der Waals surface area contributed by atoms with E-state index < -0.39 is 0 Å². The SMILES string of the molecule is CCC1CCC(C)N1Cc1ccc(CO)cc1. The van der Waals surface area contributed by atoms with Gasteiger partial charge in [-0.15, -0.1) is 0 Å². The quantitative estimate of drug-likeness (QED) is 0.864. The summed E-state index contributed by atoms with van der Waals surface area (Å²) >= 11 is 0. The first kappa shape index (κ1) is 12.6. The lowest BCUT2D eigenvalue weighted by atomic mass is 10.1. The molecule has 2 heteroatoms. The first-order valence-corrected chi connectivity index (χ1v) is 6.69. The fourth-order valence-electron chi connectivity index (χ4n) is 2.81. The highest BCUT2D eigenvalue weighted by atomic mass is 16.3. The van der Waals surface area contributed by atoms with Gasteiger partial charge in [-0.05, 0) is 37.3 Å². The Morgan fingerprint density at radius 3 is 2.41 bits per heavy atom. The van der Waals surface area contributed by atoms with Gasteiger partial charge < -0.3 is 5.11 Å². The number of hydrogen-bond acceptors (Lipinski definition) is 2. The predicted molar refractivity (Wildman–Crippen MR) is 70.7 cm³/mol. The van der Waals surface area contributed by atoms with Gasteiger partial charge in [0.05, 0.1) is 6.61 Å². The fourth-order valence-corrected chi connectivity index (χ4v) is 2.81. The molecule has 94 valence electrons. The molecule has 0 spiro atoms. The van der Waals surface area contributed by atoms with Crippen molar-refractivity contribution in [3.05, 3.63) is 35.4 Å². The maximum atomic E-state index is 9.02. The van der Waals surface area contributed by atoms with Crippen molar-refractivity contribution in [1.29, 1.82) is 0 Å². The third-order valence-corrected chi connectivity index (χ3v) is 3.99. The zero-order valence-corrected chi connectivity index (χ0v) is 10.9. The molecule has 17 heavy (non-hydrogen) atoms. The minimum Gasteiger partial charge on any atom is -0.392 e. The molecular formula is C15H23NO. The lowest BCUT2D eigenvalue weighted by Crippen LogP contribution is -2.33. The van der Waals surface area contributed by atoms with Crippen LogP contribution < -0.4 is 0 Å². The zero-order chi connectivity index (χ0) is 12.3. The number of hydrogen-bond donors (Lipinski definition) is 1. The molecule has 1 N–H and O–H groups in total. The zero-order valence-electron chi connectivity index (χ0n) is 10.9. The third kappa shape index (κ3) is 2.88. The Hall–Kier alpha value is -0.860. The highest BCUT2D eigenvalue weighted by molar-refractivity contribution is 5.22. The van der Waals surface area contributed by atoms with Crippen molar-refractivity contribution in [2.24, 2.45) is 0 Å². The summed E-state index contributed by atoms with van der Waals surface area (Å²) in [6, 6.07) is 9.79. The van der Waals surface area contributed by atoms with Gasteiger partial charge >= 0.3 is 0 Å². The van der Waals surface area contributed by atoms with Crippen LogP contribution in [0.25, 0.3) is 0 Å². The van der Waals surface area contributed by atoms with E-state index in [1.165, 1.54) is 24.8 Å². The normalized spacial score (nSPS) is 25.4. The standard InChI is InChI=1S/C15H23NO/c1-3-15-9-4-12(2)16(15)10-13-5-7-14(11-17)8-6-13/h5-8,12,15,17H,3-4,9-11H2,1-2H3. The van der Waals surface area contributed by atoms with Gasteiger partial charge in [-0.3, -0.25) is 4.90 Å². The van der Waals surface area contributed by atoms with E-state index in [0.717, 1.165) is 18.2 Å². The summed E-state index contributed by atoms with van der Waals surface area (Å²) in [5, 5.41) is 9.02. The highest BCUT2D eigenvalue weighted by Crippen LogP contribution is 2.27. The monoisotopic (exact) mass is 233 g/mol. The van der Waals surface area contributed by atoms with E-state index in [9.17, 15) is 0 Å². The van der Waals surface area contributed by atoms with E-state index in [1.807, 2.05) is 12.1 Å². The molecule has 1 aliphatic rings. The van der Waals surface area contributed by atoms with Crippen molar-refractivity contribution in [2.45, 2.75) is 58.3 Å². The number of nitrogens with zero attached hydrogens (tertiary/aromatic N) is 1. The number of aliphatic hydroxyl groups is 1. The summed E-state index contributed by atoms with van der Waals surface area (Å²) in [6.07, 6.45) is 3.92. The molecule has 2 atom stereocenters. The van der Waals surface area contributed by atoms with Gasteiger partial charge in [0.25, 0.3) is 0 Å². The van der Waals surface area contributed by atoms with Crippen LogP contribution in [0.2, 0.25) is 0 Å².